The maximum Gasteiger partial charge on any atom is 0.384 e. The molecule has 6 nitrogen and oxygen atoms in total. The van der Waals surface area contributed by atoms with Crippen LogP contribution in [0.15, 0.2) is 18.2 Å². The van der Waals surface area contributed by atoms with Gasteiger partial charge in [0.25, 0.3) is 0 Å². The number of carbonyl (C=O) groups is 1. The minimum absolute atomic E-state index is 0.138. The molecule has 17 heavy (non-hydrogen) atoms. The van der Waals surface area contributed by atoms with E-state index < -0.39 is 10.9 Å². The number of hydrogen-bond donors (Lipinski definition) is 0. The van der Waals surface area contributed by atoms with Crippen LogP contribution in [0.5, 0.6) is 5.75 Å². The molecule has 0 heterocycles. The van der Waals surface area contributed by atoms with E-state index in [0.717, 1.165) is 0 Å². The van der Waals surface area contributed by atoms with Gasteiger partial charge in [-0.1, -0.05) is 5.92 Å². The average molecular weight is 235 g/mol. The summed E-state index contributed by atoms with van der Waals surface area (Å²) in [6.45, 7) is 0. The van der Waals surface area contributed by atoms with Crippen LogP contribution in [0.2, 0.25) is 0 Å². The van der Waals surface area contributed by atoms with Crippen LogP contribution >= 0.6 is 0 Å². The molecule has 0 amide bonds. The molecule has 88 valence electrons. The van der Waals surface area contributed by atoms with E-state index in [9.17, 15) is 14.9 Å². The number of benzene rings is 1. The van der Waals surface area contributed by atoms with Gasteiger partial charge in [-0.3, -0.25) is 10.1 Å². The van der Waals surface area contributed by atoms with Crippen LogP contribution in [0, 0.1) is 22.0 Å². The zero-order valence-electron chi connectivity index (χ0n) is 9.22. The fraction of sp³-hybridized carbons (Fsp3) is 0.182. The van der Waals surface area contributed by atoms with Crippen molar-refractivity contribution in [3.63, 3.8) is 0 Å². The summed E-state index contributed by atoms with van der Waals surface area (Å²) in [6, 6.07) is 4.16. The highest BCUT2D eigenvalue weighted by atomic mass is 16.6. The number of esters is 1. The van der Waals surface area contributed by atoms with E-state index in [0.29, 0.717) is 5.56 Å². The Labute approximate surface area is 97.3 Å². The Morgan fingerprint density at radius 3 is 2.65 bits per heavy atom. The summed E-state index contributed by atoms with van der Waals surface area (Å²) in [7, 11) is 2.54. The highest BCUT2D eigenvalue weighted by Crippen LogP contribution is 2.26. The lowest BCUT2D eigenvalue weighted by Crippen LogP contribution is -1.96. The van der Waals surface area contributed by atoms with Crippen molar-refractivity contribution in [3.8, 4) is 17.6 Å². The molecule has 1 rings (SSSR count). The molecule has 0 N–H and O–H groups in total. The SMILES string of the molecule is COC(=O)C#Cc1ccc(OC)c([N+](=O)[O-])c1. The van der Waals surface area contributed by atoms with E-state index in [-0.39, 0.29) is 11.4 Å². The minimum atomic E-state index is -0.705. The standard InChI is InChI=1S/C11H9NO5/c1-16-10-5-3-8(4-6-11(13)17-2)7-9(10)12(14)15/h3,5,7H,1-2H3. The third-order valence-electron chi connectivity index (χ3n) is 1.87. The Balaban J connectivity index is 3.11. The van der Waals surface area contributed by atoms with Crippen LogP contribution in [0.25, 0.3) is 0 Å². The summed E-state index contributed by atoms with van der Waals surface area (Å²) in [6.07, 6.45) is 0. The van der Waals surface area contributed by atoms with Crippen LogP contribution in [-0.4, -0.2) is 25.1 Å². The lowest BCUT2D eigenvalue weighted by atomic mass is 10.2. The summed E-state index contributed by atoms with van der Waals surface area (Å²) < 4.78 is 9.15. The third kappa shape index (κ3) is 3.21. The van der Waals surface area contributed by atoms with Crippen LogP contribution in [0.3, 0.4) is 0 Å². The molecule has 0 atom stereocenters. The van der Waals surface area contributed by atoms with E-state index in [1.54, 1.807) is 0 Å². The molecule has 0 bridgehead atoms. The fourth-order valence-electron chi connectivity index (χ4n) is 1.08. The molecule has 1 aromatic rings. The van der Waals surface area contributed by atoms with Crippen molar-refractivity contribution in [1.82, 2.24) is 0 Å². The molecule has 6 heteroatoms. The van der Waals surface area contributed by atoms with Crippen molar-refractivity contribution in [2.45, 2.75) is 0 Å². The van der Waals surface area contributed by atoms with E-state index in [1.807, 2.05) is 0 Å². The first-order valence-corrected chi connectivity index (χ1v) is 4.51. The predicted octanol–water partition coefficient (Wildman–Crippen LogP) is 1.13. The molecular formula is C11H9NO5. The van der Waals surface area contributed by atoms with Crippen LogP contribution in [0.1, 0.15) is 5.56 Å². The summed E-state index contributed by atoms with van der Waals surface area (Å²) in [5.41, 5.74) is 0.132. The Hall–Kier alpha value is -2.55. The molecule has 0 unspecified atom stereocenters. The minimum Gasteiger partial charge on any atom is -0.490 e. The van der Waals surface area contributed by atoms with Gasteiger partial charge in [0.15, 0.2) is 5.75 Å². The molecule has 0 radical (unpaired) electrons. The van der Waals surface area contributed by atoms with Crippen molar-refractivity contribution in [3.05, 3.63) is 33.9 Å². The smallest absolute Gasteiger partial charge is 0.384 e. The molecule has 0 aliphatic heterocycles. The predicted molar refractivity (Wildman–Crippen MR) is 58.5 cm³/mol. The number of ether oxygens (including phenoxy) is 2. The molecule has 0 saturated carbocycles. The number of nitro benzene ring substituents is 1. The first-order chi connectivity index (χ1) is 8.08. The van der Waals surface area contributed by atoms with E-state index in [4.69, 9.17) is 4.74 Å². The van der Waals surface area contributed by atoms with Crippen molar-refractivity contribution in [2.75, 3.05) is 14.2 Å². The second kappa shape index (κ2) is 5.51. The largest absolute Gasteiger partial charge is 0.490 e. The zero-order valence-corrected chi connectivity index (χ0v) is 9.22. The number of hydrogen-bond acceptors (Lipinski definition) is 5. The van der Waals surface area contributed by atoms with Gasteiger partial charge in [-0.05, 0) is 12.1 Å². The third-order valence-corrected chi connectivity index (χ3v) is 1.87. The van der Waals surface area contributed by atoms with Crippen LogP contribution < -0.4 is 4.74 Å². The van der Waals surface area contributed by atoms with Gasteiger partial charge in [0, 0.05) is 17.6 Å². The second-order valence-corrected chi connectivity index (χ2v) is 2.89. The maximum absolute atomic E-state index is 10.8. The quantitative estimate of drug-likeness (QED) is 0.332. The van der Waals surface area contributed by atoms with Gasteiger partial charge in [0.2, 0.25) is 0 Å². The van der Waals surface area contributed by atoms with Gasteiger partial charge in [-0.15, -0.1) is 0 Å². The summed E-state index contributed by atoms with van der Waals surface area (Å²) in [4.78, 5) is 20.9. The summed E-state index contributed by atoms with van der Waals surface area (Å²) >= 11 is 0. The average Bonchev–Trinajstić information content (AvgIpc) is 2.35. The zero-order chi connectivity index (χ0) is 12.8. The molecule has 0 aliphatic rings. The molecule has 1 aromatic carbocycles. The summed E-state index contributed by atoms with van der Waals surface area (Å²) in [5, 5.41) is 10.7. The van der Waals surface area contributed by atoms with Crippen molar-refractivity contribution in [2.24, 2.45) is 0 Å². The van der Waals surface area contributed by atoms with E-state index in [2.05, 4.69) is 16.6 Å². The topological polar surface area (TPSA) is 78.7 Å². The maximum atomic E-state index is 10.8. The Morgan fingerprint density at radius 2 is 2.12 bits per heavy atom. The van der Waals surface area contributed by atoms with Gasteiger partial charge in [0.05, 0.1) is 19.1 Å². The highest BCUT2D eigenvalue weighted by molar-refractivity contribution is 5.89. The second-order valence-electron chi connectivity index (χ2n) is 2.89. The van der Waals surface area contributed by atoms with Crippen molar-refractivity contribution in [1.29, 1.82) is 0 Å². The molecule has 0 saturated heterocycles. The molecule has 0 fully saturated rings. The van der Waals surface area contributed by atoms with Gasteiger partial charge in [-0.25, -0.2) is 4.79 Å². The normalized spacial score (nSPS) is 8.82. The van der Waals surface area contributed by atoms with Gasteiger partial charge >= 0.3 is 11.7 Å². The molecular weight excluding hydrogens is 226 g/mol. The Morgan fingerprint density at radius 1 is 1.41 bits per heavy atom. The first kappa shape index (κ1) is 12.5. The van der Waals surface area contributed by atoms with Crippen LogP contribution in [0.4, 0.5) is 5.69 Å². The fourth-order valence-corrected chi connectivity index (χ4v) is 1.08. The molecule has 0 aromatic heterocycles. The molecule has 0 aliphatic carbocycles. The first-order valence-electron chi connectivity index (χ1n) is 4.51. The molecule has 0 spiro atoms. The van der Waals surface area contributed by atoms with E-state index >= 15 is 0 Å². The number of nitrogens with zero attached hydrogens (tertiary/aromatic N) is 1. The van der Waals surface area contributed by atoms with Gasteiger partial charge < -0.3 is 9.47 Å². The lowest BCUT2D eigenvalue weighted by Gasteiger charge is -2.00. The highest BCUT2D eigenvalue weighted by Gasteiger charge is 2.14. The number of nitro groups is 1. The van der Waals surface area contributed by atoms with Crippen molar-refractivity contribution >= 4 is 11.7 Å². The lowest BCUT2D eigenvalue weighted by molar-refractivity contribution is -0.385. The van der Waals surface area contributed by atoms with Crippen LogP contribution in [-0.2, 0) is 9.53 Å². The number of methoxy groups -OCH3 is 2. The van der Waals surface area contributed by atoms with Crippen molar-refractivity contribution < 1.29 is 19.2 Å². The number of carbonyl (C=O) groups excluding carboxylic acids is 1. The summed E-state index contributed by atoms with van der Waals surface area (Å²) in [5.74, 6) is 4.07. The Kier molecular flexibility index (Phi) is 4.06. The van der Waals surface area contributed by atoms with Gasteiger partial charge in [0.1, 0.15) is 0 Å². The monoisotopic (exact) mass is 235 g/mol. The van der Waals surface area contributed by atoms with E-state index in [1.165, 1.54) is 32.4 Å². The van der Waals surface area contributed by atoms with Gasteiger partial charge in [-0.2, -0.15) is 0 Å². The Bertz CT molecular complexity index is 512. The number of rotatable bonds is 2.